The second kappa shape index (κ2) is 12.9. The highest BCUT2D eigenvalue weighted by atomic mass is 14.9. The van der Waals surface area contributed by atoms with E-state index in [0.29, 0.717) is 6.04 Å². The predicted octanol–water partition coefficient (Wildman–Crippen LogP) is 4.85. The van der Waals surface area contributed by atoms with Crippen LogP contribution in [-0.2, 0) is 6.42 Å². The standard InChI is InChI=1S/C18H35N3/c1-3-5-6-7-8-9-10-11-12-13-17(19-4-2)16-18-20-14-15-21-18/h14-15,17,19H,3-13,16H2,1-2H3,(H,20,21). The number of H-pyrrole nitrogens is 1. The molecule has 1 aromatic heterocycles. The van der Waals surface area contributed by atoms with Gasteiger partial charge in [-0.25, -0.2) is 4.98 Å². The van der Waals surface area contributed by atoms with Gasteiger partial charge in [0, 0.05) is 24.9 Å². The van der Waals surface area contributed by atoms with Crippen molar-refractivity contribution in [1.29, 1.82) is 0 Å². The molecule has 0 radical (unpaired) electrons. The molecule has 1 aromatic rings. The minimum atomic E-state index is 0.575. The first-order chi connectivity index (χ1) is 10.4. The van der Waals surface area contributed by atoms with Crippen molar-refractivity contribution in [2.24, 2.45) is 0 Å². The Kier molecular flexibility index (Phi) is 11.2. The summed E-state index contributed by atoms with van der Waals surface area (Å²) in [6, 6.07) is 0.575. The molecule has 0 aliphatic rings. The lowest BCUT2D eigenvalue weighted by Crippen LogP contribution is -2.31. The predicted molar refractivity (Wildman–Crippen MR) is 91.6 cm³/mol. The molecule has 0 saturated heterocycles. The Morgan fingerprint density at radius 1 is 1.00 bits per heavy atom. The van der Waals surface area contributed by atoms with Crippen LogP contribution in [0.1, 0.15) is 83.9 Å². The van der Waals surface area contributed by atoms with Gasteiger partial charge in [-0.3, -0.25) is 0 Å². The summed E-state index contributed by atoms with van der Waals surface area (Å²) in [6.07, 6.45) is 18.7. The average Bonchev–Trinajstić information content (AvgIpc) is 2.98. The minimum Gasteiger partial charge on any atom is -0.349 e. The van der Waals surface area contributed by atoms with E-state index < -0.39 is 0 Å². The molecular formula is C18H35N3. The molecule has 21 heavy (non-hydrogen) atoms. The maximum atomic E-state index is 4.34. The van der Waals surface area contributed by atoms with Crippen LogP contribution in [0, 0.1) is 0 Å². The minimum absolute atomic E-state index is 0.575. The number of imidazole rings is 1. The molecule has 3 nitrogen and oxygen atoms in total. The summed E-state index contributed by atoms with van der Waals surface area (Å²) in [7, 11) is 0. The number of rotatable bonds is 14. The molecule has 0 fully saturated rings. The number of aromatic nitrogens is 2. The van der Waals surface area contributed by atoms with Crippen molar-refractivity contribution in [2.45, 2.75) is 90.5 Å². The maximum absolute atomic E-state index is 4.34. The monoisotopic (exact) mass is 293 g/mol. The third-order valence-corrected chi connectivity index (χ3v) is 4.14. The number of hydrogen-bond acceptors (Lipinski definition) is 2. The van der Waals surface area contributed by atoms with Crippen molar-refractivity contribution in [1.82, 2.24) is 15.3 Å². The molecule has 0 aliphatic heterocycles. The number of likely N-dealkylation sites (N-methyl/N-ethyl adjacent to an activating group) is 1. The van der Waals surface area contributed by atoms with Crippen molar-refractivity contribution in [3.05, 3.63) is 18.2 Å². The van der Waals surface area contributed by atoms with Crippen LogP contribution < -0.4 is 5.32 Å². The molecule has 1 rings (SSSR count). The molecule has 1 atom stereocenters. The van der Waals surface area contributed by atoms with Gasteiger partial charge in [0.2, 0.25) is 0 Å². The van der Waals surface area contributed by atoms with E-state index >= 15 is 0 Å². The van der Waals surface area contributed by atoms with Crippen LogP contribution in [0.3, 0.4) is 0 Å². The lowest BCUT2D eigenvalue weighted by molar-refractivity contribution is 0.452. The molecule has 0 amide bonds. The molecule has 0 aliphatic carbocycles. The summed E-state index contributed by atoms with van der Waals surface area (Å²) < 4.78 is 0. The maximum Gasteiger partial charge on any atom is 0.107 e. The molecular weight excluding hydrogens is 258 g/mol. The summed E-state index contributed by atoms with van der Waals surface area (Å²) in [4.78, 5) is 7.55. The number of aromatic amines is 1. The van der Waals surface area contributed by atoms with E-state index in [-0.39, 0.29) is 0 Å². The zero-order chi connectivity index (χ0) is 15.2. The second-order valence-electron chi connectivity index (χ2n) is 6.11. The van der Waals surface area contributed by atoms with E-state index in [0.717, 1.165) is 18.8 Å². The van der Waals surface area contributed by atoms with Gasteiger partial charge in [0.1, 0.15) is 5.82 Å². The number of nitrogens with zero attached hydrogens (tertiary/aromatic N) is 1. The van der Waals surface area contributed by atoms with Gasteiger partial charge in [-0.2, -0.15) is 0 Å². The molecule has 0 saturated carbocycles. The van der Waals surface area contributed by atoms with E-state index in [9.17, 15) is 0 Å². The molecule has 1 heterocycles. The van der Waals surface area contributed by atoms with Gasteiger partial charge in [-0.15, -0.1) is 0 Å². The third kappa shape index (κ3) is 9.67. The van der Waals surface area contributed by atoms with Crippen molar-refractivity contribution in [3.63, 3.8) is 0 Å². The highest BCUT2D eigenvalue weighted by Gasteiger charge is 2.09. The Morgan fingerprint density at radius 2 is 1.67 bits per heavy atom. The van der Waals surface area contributed by atoms with Crippen LogP contribution in [0.5, 0.6) is 0 Å². The highest BCUT2D eigenvalue weighted by Crippen LogP contribution is 2.12. The Balaban J connectivity index is 2.00. The smallest absolute Gasteiger partial charge is 0.107 e. The van der Waals surface area contributed by atoms with Crippen molar-refractivity contribution < 1.29 is 0 Å². The Labute approximate surface area is 131 Å². The zero-order valence-corrected chi connectivity index (χ0v) is 14.2. The molecule has 122 valence electrons. The van der Waals surface area contributed by atoms with Gasteiger partial charge in [-0.1, -0.05) is 71.6 Å². The third-order valence-electron chi connectivity index (χ3n) is 4.14. The number of hydrogen-bond donors (Lipinski definition) is 2. The first kappa shape index (κ1) is 18.2. The van der Waals surface area contributed by atoms with Crippen LogP contribution in [0.2, 0.25) is 0 Å². The van der Waals surface area contributed by atoms with Gasteiger partial charge in [-0.05, 0) is 13.0 Å². The van der Waals surface area contributed by atoms with E-state index in [4.69, 9.17) is 0 Å². The quantitative estimate of drug-likeness (QED) is 0.481. The summed E-state index contributed by atoms with van der Waals surface area (Å²) in [5, 5.41) is 3.59. The fourth-order valence-corrected chi connectivity index (χ4v) is 2.91. The Morgan fingerprint density at radius 3 is 2.24 bits per heavy atom. The molecule has 3 heteroatoms. The summed E-state index contributed by atoms with van der Waals surface area (Å²) in [5.74, 6) is 1.11. The first-order valence-electron chi connectivity index (χ1n) is 9.08. The van der Waals surface area contributed by atoms with Gasteiger partial charge in [0.15, 0.2) is 0 Å². The van der Waals surface area contributed by atoms with E-state index in [1.807, 2.05) is 12.4 Å². The molecule has 1 unspecified atom stereocenters. The first-order valence-corrected chi connectivity index (χ1v) is 9.08. The zero-order valence-electron chi connectivity index (χ0n) is 14.2. The fourth-order valence-electron chi connectivity index (χ4n) is 2.91. The lowest BCUT2D eigenvalue weighted by Gasteiger charge is -2.16. The SMILES string of the molecule is CCCCCCCCCCCC(Cc1ncc[nH]1)NCC. The Bertz CT molecular complexity index is 308. The van der Waals surface area contributed by atoms with Gasteiger partial charge >= 0.3 is 0 Å². The van der Waals surface area contributed by atoms with E-state index in [1.54, 1.807) is 0 Å². The van der Waals surface area contributed by atoms with Crippen LogP contribution in [0.4, 0.5) is 0 Å². The topological polar surface area (TPSA) is 40.7 Å². The van der Waals surface area contributed by atoms with E-state index in [1.165, 1.54) is 64.2 Å². The van der Waals surface area contributed by atoms with Crippen molar-refractivity contribution in [2.75, 3.05) is 6.54 Å². The fraction of sp³-hybridized carbons (Fsp3) is 0.833. The second-order valence-corrected chi connectivity index (χ2v) is 6.11. The largest absolute Gasteiger partial charge is 0.349 e. The van der Waals surface area contributed by atoms with Crippen LogP contribution in [-0.4, -0.2) is 22.6 Å². The van der Waals surface area contributed by atoms with Crippen LogP contribution in [0.25, 0.3) is 0 Å². The number of unbranched alkanes of at least 4 members (excludes halogenated alkanes) is 8. The van der Waals surface area contributed by atoms with Crippen molar-refractivity contribution >= 4 is 0 Å². The molecule has 2 N–H and O–H groups in total. The van der Waals surface area contributed by atoms with Crippen LogP contribution in [0.15, 0.2) is 12.4 Å². The van der Waals surface area contributed by atoms with Gasteiger partial charge < -0.3 is 10.3 Å². The van der Waals surface area contributed by atoms with E-state index in [2.05, 4.69) is 29.1 Å². The number of nitrogens with one attached hydrogen (secondary N) is 2. The highest BCUT2D eigenvalue weighted by molar-refractivity contribution is 4.91. The Hall–Kier alpha value is -0.830. The molecule has 0 spiro atoms. The summed E-state index contributed by atoms with van der Waals surface area (Å²) in [5.41, 5.74) is 0. The van der Waals surface area contributed by atoms with Gasteiger partial charge in [0.05, 0.1) is 0 Å². The van der Waals surface area contributed by atoms with Crippen LogP contribution >= 0.6 is 0 Å². The summed E-state index contributed by atoms with van der Waals surface area (Å²) in [6.45, 7) is 5.51. The summed E-state index contributed by atoms with van der Waals surface area (Å²) >= 11 is 0. The average molecular weight is 293 g/mol. The lowest BCUT2D eigenvalue weighted by atomic mass is 10.0. The normalized spacial score (nSPS) is 12.7. The molecule has 0 aromatic carbocycles. The molecule has 0 bridgehead atoms. The van der Waals surface area contributed by atoms with Gasteiger partial charge in [0.25, 0.3) is 0 Å². The van der Waals surface area contributed by atoms with Crippen molar-refractivity contribution in [3.8, 4) is 0 Å².